The molecule has 5 heteroatoms. The van der Waals surface area contributed by atoms with E-state index in [0.717, 1.165) is 0 Å². The standard InChI is InChI=1S/C6H10O.C3H3N3S/c1-3-5-7-6-4-2;7-3-1-2-4-6-5-3/h3-4H,1-2,5-6H2;1-2H,(H,4,5,7). The summed E-state index contributed by atoms with van der Waals surface area (Å²) in [6, 6.07) is 1.67. The number of hydrogen-bond donors (Lipinski definition) is 1. The number of H-pyrrole nitrogens is 1. The van der Waals surface area contributed by atoms with Crippen LogP contribution in [0.25, 0.3) is 0 Å². The third kappa shape index (κ3) is 8.76. The normalized spacial score (nSPS) is 8.29. The zero-order valence-electron chi connectivity index (χ0n) is 7.85. The van der Waals surface area contributed by atoms with Gasteiger partial charge in [-0.3, -0.25) is 0 Å². The Hall–Kier alpha value is -1.33. The monoisotopic (exact) mass is 211 g/mol. The molecule has 0 atom stereocenters. The molecule has 1 aromatic rings. The highest BCUT2D eigenvalue weighted by Gasteiger charge is 1.70. The van der Waals surface area contributed by atoms with Crippen LogP contribution in [0.5, 0.6) is 0 Å². The van der Waals surface area contributed by atoms with Crippen molar-refractivity contribution >= 4 is 12.2 Å². The molecule has 0 bridgehead atoms. The summed E-state index contributed by atoms with van der Waals surface area (Å²) in [5, 5.41) is 9.36. The summed E-state index contributed by atoms with van der Waals surface area (Å²) in [5.41, 5.74) is 0. The minimum Gasteiger partial charge on any atom is -0.373 e. The van der Waals surface area contributed by atoms with Crippen LogP contribution >= 0.6 is 12.2 Å². The van der Waals surface area contributed by atoms with Gasteiger partial charge in [-0.05, 0) is 6.07 Å². The molecule has 0 saturated heterocycles. The molecule has 1 aromatic heterocycles. The number of aromatic nitrogens is 3. The lowest BCUT2D eigenvalue weighted by molar-refractivity contribution is 0.194. The Morgan fingerprint density at radius 1 is 1.43 bits per heavy atom. The second-order valence-electron chi connectivity index (χ2n) is 2.12. The van der Waals surface area contributed by atoms with Gasteiger partial charge in [-0.1, -0.05) is 29.6 Å². The van der Waals surface area contributed by atoms with Gasteiger partial charge >= 0.3 is 0 Å². The number of aromatic amines is 1. The maximum Gasteiger partial charge on any atom is 0.122 e. The highest BCUT2D eigenvalue weighted by molar-refractivity contribution is 7.71. The minimum atomic E-state index is 0.606. The van der Waals surface area contributed by atoms with Crippen LogP contribution in [0.3, 0.4) is 0 Å². The maximum absolute atomic E-state index is 4.90. The van der Waals surface area contributed by atoms with Crippen LogP contribution in [0.2, 0.25) is 0 Å². The summed E-state index contributed by atoms with van der Waals surface area (Å²) in [6.07, 6.45) is 4.96. The van der Waals surface area contributed by atoms with Crippen molar-refractivity contribution in [3.05, 3.63) is 42.2 Å². The van der Waals surface area contributed by atoms with Crippen LogP contribution in [-0.2, 0) is 4.74 Å². The molecular formula is C9H13N3OS. The van der Waals surface area contributed by atoms with E-state index in [1.54, 1.807) is 24.4 Å². The van der Waals surface area contributed by atoms with Gasteiger partial charge < -0.3 is 4.74 Å². The predicted molar refractivity (Wildman–Crippen MR) is 58.4 cm³/mol. The largest absolute Gasteiger partial charge is 0.373 e. The summed E-state index contributed by atoms with van der Waals surface area (Å²) in [4.78, 5) is 0. The summed E-state index contributed by atoms with van der Waals surface area (Å²) >= 11 is 4.65. The SMILES string of the molecule is C=CCOCC=C.S=c1ccnn[nH]1. The quantitative estimate of drug-likeness (QED) is 0.469. The average Bonchev–Trinajstić information content (AvgIpc) is 2.21. The van der Waals surface area contributed by atoms with E-state index in [9.17, 15) is 0 Å². The molecule has 1 rings (SSSR count). The van der Waals surface area contributed by atoms with Gasteiger partial charge in [0, 0.05) is 0 Å². The van der Waals surface area contributed by atoms with E-state index >= 15 is 0 Å². The lowest BCUT2D eigenvalue weighted by Crippen LogP contribution is -1.87. The molecule has 0 amide bonds. The molecule has 0 aromatic carbocycles. The topological polar surface area (TPSA) is 50.8 Å². The van der Waals surface area contributed by atoms with Crippen LogP contribution < -0.4 is 0 Å². The van der Waals surface area contributed by atoms with Crippen molar-refractivity contribution in [3.63, 3.8) is 0 Å². The molecule has 0 spiro atoms. The molecule has 0 aliphatic heterocycles. The van der Waals surface area contributed by atoms with Gasteiger partial charge in [0.05, 0.1) is 19.4 Å². The second kappa shape index (κ2) is 9.76. The van der Waals surface area contributed by atoms with E-state index in [0.29, 0.717) is 17.9 Å². The van der Waals surface area contributed by atoms with E-state index in [1.165, 1.54) is 0 Å². The molecule has 4 nitrogen and oxygen atoms in total. The Kier molecular flexibility index (Phi) is 8.83. The average molecular weight is 211 g/mol. The van der Waals surface area contributed by atoms with Gasteiger partial charge in [-0.2, -0.15) is 0 Å². The summed E-state index contributed by atoms with van der Waals surface area (Å²) in [7, 11) is 0. The Bertz CT molecular complexity index is 285. The van der Waals surface area contributed by atoms with Gasteiger partial charge in [0.15, 0.2) is 0 Å². The van der Waals surface area contributed by atoms with Crippen molar-refractivity contribution < 1.29 is 4.74 Å². The fourth-order valence-corrected chi connectivity index (χ4v) is 0.586. The van der Waals surface area contributed by atoms with Crippen LogP contribution in [0.1, 0.15) is 0 Å². The zero-order chi connectivity index (χ0) is 10.6. The van der Waals surface area contributed by atoms with Crippen molar-refractivity contribution in [2.75, 3.05) is 13.2 Å². The molecular weight excluding hydrogens is 198 g/mol. The van der Waals surface area contributed by atoms with E-state index in [2.05, 4.69) is 40.8 Å². The zero-order valence-corrected chi connectivity index (χ0v) is 8.67. The lowest BCUT2D eigenvalue weighted by atomic mass is 10.6. The summed E-state index contributed by atoms with van der Waals surface area (Å²) in [5.74, 6) is 0. The van der Waals surface area contributed by atoms with Crippen molar-refractivity contribution in [1.29, 1.82) is 0 Å². The second-order valence-corrected chi connectivity index (χ2v) is 2.56. The smallest absolute Gasteiger partial charge is 0.122 e. The number of rotatable bonds is 4. The molecule has 0 saturated carbocycles. The van der Waals surface area contributed by atoms with Gasteiger partial charge in [0.2, 0.25) is 0 Å². The van der Waals surface area contributed by atoms with Crippen LogP contribution in [0.15, 0.2) is 37.6 Å². The Morgan fingerprint density at radius 2 is 2.07 bits per heavy atom. The molecule has 0 fully saturated rings. The fraction of sp³-hybridized carbons (Fsp3) is 0.222. The predicted octanol–water partition coefficient (Wildman–Crippen LogP) is 1.91. The highest BCUT2D eigenvalue weighted by atomic mass is 32.1. The van der Waals surface area contributed by atoms with E-state index in [-0.39, 0.29) is 0 Å². The first-order valence-electron chi connectivity index (χ1n) is 3.97. The third-order valence-corrected chi connectivity index (χ3v) is 1.21. The van der Waals surface area contributed by atoms with Gasteiger partial charge in [-0.15, -0.1) is 18.3 Å². The molecule has 0 unspecified atom stereocenters. The van der Waals surface area contributed by atoms with Crippen molar-refractivity contribution in [2.45, 2.75) is 0 Å². The number of nitrogens with one attached hydrogen (secondary N) is 1. The first-order valence-corrected chi connectivity index (χ1v) is 4.38. The first-order chi connectivity index (χ1) is 6.81. The van der Waals surface area contributed by atoms with E-state index in [4.69, 9.17) is 4.74 Å². The molecule has 14 heavy (non-hydrogen) atoms. The molecule has 0 aliphatic carbocycles. The van der Waals surface area contributed by atoms with Gasteiger partial charge in [0.25, 0.3) is 0 Å². The first kappa shape index (κ1) is 12.7. The van der Waals surface area contributed by atoms with Crippen LogP contribution in [0, 0.1) is 4.64 Å². The summed E-state index contributed by atoms with van der Waals surface area (Å²) in [6.45, 7) is 8.18. The van der Waals surface area contributed by atoms with Crippen molar-refractivity contribution in [2.24, 2.45) is 0 Å². The van der Waals surface area contributed by atoms with Crippen LogP contribution in [0.4, 0.5) is 0 Å². The number of ether oxygens (including phenoxy) is 1. The van der Waals surface area contributed by atoms with Crippen molar-refractivity contribution in [1.82, 2.24) is 15.4 Å². The number of hydrogen-bond acceptors (Lipinski definition) is 4. The highest BCUT2D eigenvalue weighted by Crippen LogP contribution is 1.73. The molecule has 76 valence electrons. The Balaban J connectivity index is 0.000000241. The van der Waals surface area contributed by atoms with E-state index in [1.807, 2.05) is 0 Å². The fourth-order valence-electron chi connectivity index (χ4n) is 0.484. The van der Waals surface area contributed by atoms with Crippen molar-refractivity contribution in [3.8, 4) is 0 Å². The van der Waals surface area contributed by atoms with Gasteiger partial charge in [-0.25, -0.2) is 5.10 Å². The molecule has 1 heterocycles. The van der Waals surface area contributed by atoms with E-state index < -0.39 is 0 Å². The molecule has 0 aliphatic rings. The Labute approximate surface area is 88.3 Å². The van der Waals surface area contributed by atoms with Crippen LogP contribution in [-0.4, -0.2) is 28.6 Å². The third-order valence-electron chi connectivity index (χ3n) is 0.982. The summed E-state index contributed by atoms with van der Waals surface area (Å²) < 4.78 is 5.50. The molecule has 0 radical (unpaired) electrons. The molecule has 1 N–H and O–H groups in total. The van der Waals surface area contributed by atoms with Gasteiger partial charge in [0.1, 0.15) is 4.64 Å². The number of nitrogens with zero attached hydrogens (tertiary/aromatic N) is 2. The lowest BCUT2D eigenvalue weighted by Gasteiger charge is -1.89. The minimum absolute atomic E-state index is 0.606. The Morgan fingerprint density at radius 3 is 2.36 bits per heavy atom. The maximum atomic E-state index is 4.90.